The molecule has 0 bridgehead atoms. The van der Waals surface area contributed by atoms with E-state index in [9.17, 15) is 18.0 Å². The zero-order valence-corrected chi connectivity index (χ0v) is 15.8. The van der Waals surface area contributed by atoms with Gasteiger partial charge < -0.3 is 15.4 Å². The minimum Gasteiger partial charge on any atom is -0.497 e. The van der Waals surface area contributed by atoms with Gasteiger partial charge in [-0.25, -0.2) is 13.1 Å². The number of carbonyl (C=O) groups is 2. The maximum atomic E-state index is 12.2. The number of methoxy groups -OCH3 is 1. The van der Waals surface area contributed by atoms with Gasteiger partial charge in [0.15, 0.2) is 0 Å². The summed E-state index contributed by atoms with van der Waals surface area (Å²) in [4.78, 5) is 23.7. The summed E-state index contributed by atoms with van der Waals surface area (Å²) < 4.78 is 31.8. The Kier molecular flexibility index (Phi) is 6.91. The number of amides is 2. The van der Waals surface area contributed by atoms with E-state index in [4.69, 9.17) is 4.74 Å². The maximum absolute atomic E-state index is 12.2. The summed E-state index contributed by atoms with van der Waals surface area (Å²) in [5.41, 5.74) is 0.870. The number of anilines is 1. The van der Waals surface area contributed by atoms with Crippen LogP contribution in [0.2, 0.25) is 0 Å². The van der Waals surface area contributed by atoms with Crippen molar-refractivity contribution in [1.29, 1.82) is 0 Å². The highest BCUT2D eigenvalue weighted by Gasteiger charge is 2.14. The summed E-state index contributed by atoms with van der Waals surface area (Å²) in [5.74, 6) is -0.0906. The first kappa shape index (κ1) is 20.4. The lowest BCUT2D eigenvalue weighted by Gasteiger charge is -2.09. The van der Waals surface area contributed by atoms with Crippen molar-refractivity contribution in [3.8, 4) is 5.75 Å². The first-order chi connectivity index (χ1) is 12.9. The van der Waals surface area contributed by atoms with Gasteiger partial charge in [-0.2, -0.15) is 0 Å². The molecule has 0 heterocycles. The summed E-state index contributed by atoms with van der Waals surface area (Å²) >= 11 is 0. The van der Waals surface area contributed by atoms with E-state index >= 15 is 0 Å². The standard InChI is InChI=1S/C18H21N3O5S/c1-19-18(23)13-4-3-5-14(12-13)21-17(22)10-11-20-27(24,25)16-8-6-15(26-2)7-9-16/h3-9,12,20H,10-11H2,1-2H3,(H,19,23)(H,21,22). The van der Waals surface area contributed by atoms with Crippen LogP contribution >= 0.6 is 0 Å². The Bertz CT molecular complexity index is 911. The van der Waals surface area contributed by atoms with Crippen LogP contribution in [0.4, 0.5) is 5.69 Å². The molecule has 2 aromatic rings. The second kappa shape index (κ2) is 9.15. The molecular weight excluding hydrogens is 370 g/mol. The second-order valence-corrected chi connectivity index (χ2v) is 7.30. The van der Waals surface area contributed by atoms with Crippen molar-refractivity contribution < 1.29 is 22.7 Å². The summed E-state index contributed by atoms with van der Waals surface area (Å²) in [7, 11) is -0.706. The fraction of sp³-hybridized carbons (Fsp3) is 0.222. The highest BCUT2D eigenvalue weighted by molar-refractivity contribution is 7.89. The predicted octanol–water partition coefficient (Wildman–Crippen LogP) is 1.36. The Labute approximate surface area is 158 Å². The summed E-state index contributed by atoms with van der Waals surface area (Å²) in [6.07, 6.45) is -0.0560. The molecule has 0 aliphatic heterocycles. The molecule has 0 radical (unpaired) electrons. The van der Waals surface area contributed by atoms with E-state index in [0.29, 0.717) is 17.0 Å². The highest BCUT2D eigenvalue weighted by Crippen LogP contribution is 2.15. The highest BCUT2D eigenvalue weighted by atomic mass is 32.2. The first-order valence-corrected chi connectivity index (χ1v) is 9.60. The number of carbonyl (C=O) groups excluding carboxylic acids is 2. The van der Waals surface area contributed by atoms with Crippen molar-refractivity contribution in [2.45, 2.75) is 11.3 Å². The van der Waals surface area contributed by atoms with Crippen molar-refractivity contribution in [3.05, 3.63) is 54.1 Å². The summed E-state index contributed by atoms with van der Waals surface area (Å²) in [6, 6.07) is 12.4. The Morgan fingerprint density at radius 1 is 1.07 bits per heavy atom. The molecule has 9 heteroatoms. The SMILES string of the molecule is CNC(=O)c1cccc(NC(=O)CCNS(=O)(=O)c2ccc(OC)cc2)c1. The second-order valence-electron chi connectivity index (χ2n) is 5.53. The number of hydrogen-bond donors (Lipinski definition) is 3. The molecule has 0 saturated carbocycles. The molecular formula is C18H21N3O5S. The van der Waals surface area contributed by atoms with Crippen molar-refractivity contribution in [2.24, 2.45) is 0 Å². The van der Waals surface area contributed by atoms with Crippen LogP contribution < -0.4 is 20.1 Å². The molecule has 0 aliphatic carbocycles. The van der Waals surface area contributed by atoms with Crippen LogP contribution in [-0.4, -0.2) is 40.9 Å². The molecule has 8 nitrogen and oxygen atoms in total. The molecule has 27 heavy (non-hydrogen) atoms. The Morgan fingerprint density at radius 2 is 1.78 bits per heavy atom. The first-order valence-electron chi connectivity index (χ1n) is 8.11. The third-order valence-corrected chi connectivity index (χ3v) is 5.13. The molecule has 0 aromatic heterocycles. The molecule has 3 N–H and O–H groups in total. The minimum atomic E-state index is -3.71. The van der Waals surface area contributed by atoms with E-state index in [1.165, 1.54) is 32.4 Å². The topological polar surface area (TPSA) is 114 Å². The number of rotatable bonds is 8. The van der Waals surface area contributed by atoms with Gasteiger partial charge >= 0.3 is 0 Å². The van der Waals surface area contributed by atoms with Gasteiger partial charge in [-0.15, -0.1) is 0 Å². The average molecular weight is 391 g/mol. The molecule has 2 amide bonds. The van der Waals surface area contributed by atoms with Crippen molar-refractivity contribution in [2.75, 3.05) is 26.0 Å². The summed E-state index contributed by atoms with van der Waals surface area (Å²) in [5, 5.41) is 5.13. The molecule has 0 spiro atoms. The van der Waals surface area contributed by atoms with Crippen LogP contribution in [-0.2, 0) is 14.8 Å². The van der Waals surface area contributed by atoms with Crippen LogP contribution in [0.3, 0.4) is 0 Å². The van der Waals surface area contributed by atoms with Crippen LogP contribution in [0.1, 0.15) is 16.8 Å². The monoisotopic (exact) mass is 391 g/mol. The van der Waals surface area contributed by atoms with Crippen LogP contribution in [0.15, 0.2) is 53.4 Å². The lowest BCUT2D eigenvalue weighted by atomic mass is 10.2. The lowest BCUT2D eigenvalue weighted by molar-refractivity contribution is -0.116. The van der Waals surface area contributed by atoms with Crippen LogP contribution in [0, 0.1) is 0 Å². The third-order valence-electron chi connectivity index (χ3n) is 3.65. The van der Waals surface area contributed by atoms with Gasteiger partial charge in [0.05, 0.1) is 12.0 Å². The zero-order chi connectivity index (χ0) is 19.9. The minimum absolute atomic E-state index is 0.0560. The fourth-order valence-corrected chi connectivity index (χ4v) is 3.27. The zero-order valence-electron chi connectivity index (χ0n) is 15.0. The number of ether oxygens (including phenoxy) is 1. The normalized spacial score (nSPS) is 10.9. The Balaban J connectivity index is 1.89. The van der Waals surface area contributed by atoms with Crippen LogP contribution in [0.5, 0.6) is 5.75 Å². The molecule has 144 valence electrons. The summed E-state index contributed by atoms with van der Waals surface area (Å²) in [6.45, 7) is -0.0602. The molecule has 2 aromatic carbocycles. The van der Waals surface area contributed by atoms with Crippen molar-refractivity contribution >= 4 is 27.5 Å². The molecule has 0 saturated heterocycles. The van der Waals surface area contributed by atoms with Gasteiger partial charge in [-0.05, 0) is 42.5 Å². The van der Waals surface area contributed by atoms with Gasteiger partial charge in [0, 0.05) is 31.3 Å². The van der Waals surface area contributed by atoms with Gasteiger partial charge in [0.2, 0.25) is 15.9 Å². The number of nitrogens with one attached hydrogen (secondary N) is 3. The molecule has 0 atom stereocenters. The van der Waals surface area contributed by atoms with Gasteiger partial charge in [0.1, 0.15) is 5.75 Å². The number of benzene rings is 2. The lowest BCUT2D eigenvalue weighted by Crippen LogP contribution is -2.27. The van der Waals surface area contributed by atoms with Crippen LogP contribution in [0.25, 0.3) is 0 Å². The average Bonchev–Trinajstić information content (AvgIpc) is 2.67. The van der Waals surface area contributed by atoms with E-state index in [-0.39, 0.29) is 29.7 Å². The maximum Gasteiger partial charge on any atom is 0.251 e. The largest absolute Gasteiger partial charge is 0.497 e. The quantitative estimate of drug-likeness (QED) is 0.629. The van der Waals surface area contributed by atoms with E-state index in [1.807, 2.05) is 0 Å². The fourth-order valence-electron chi connectivity index (χ4n) is 2.24. The smallest absolute Gasteiger partial charge is 0.251 e. The van der Waals surface area contributed by atoms with E-state index in [0.717, 1.165) is 0 Å². The molecule has 0 fully saturated rings. The third kappa shape index (κ3) is 5.80. The molecule has 0 aliphatic rings. The predicted molar refractivity (Wildman–Crippen MR) is 101 cm³/mol. The van der Waals surface area contributed by atoms with Gasteiger partial charge in [-0.3, -0.25) is 9.59 Å². The van der Waals surface area contributed by atoms with Gasteiger partial charge in [0.25, 0.3) is 5.91 Å². The van der Waals surface area contributed by atoms with Crippen molar-refractivity contribution in [3.63, 3.8) is 0 Å². The molecule has 0 unspecified atom stereocenters. The van der Waals surface area contributed by atoms with Gasteiger partial charge in [-0.1, -0.05) is 6.07 Å². The Hall–Kier alpha value is -2.91. The number of sulfonamides is 1. The van der Waals surface area contributed by atoms with E-state index in [2.05, 4.69) is 15.4 Å². The van der Waals surface area contributed by atoms with E-state index < -0.39 is 10.0 Å². The van der Waals surface area contributed by atoms with E-state index in [1.54, 1.807) is 30.3 Å². The van der Waals surface area contributed by atoms with Crippen molar-refractivity contribution in [1.82, 2.24) is 10.0 Å². The Morgan fingerprint density at radius 3 is 2.41 bits per heavy atom. The molecule has 2 rings (SSSR count). The number of hydrogen-bond acceptors (Lipinski definition) is 5.